The number of rotatable bonds is 3. The maximum atomic E-state index is 13.4. The lowest BCUT2D eigenvalue weighted by Crippen LogP contribution is -2.38. The number of alkyl halides is 3. The standard InChI is InChI=1S/C18H9Cl2F4N3O3/c19-11-3-1-8(18(22,23)24)5-14(11)26-15(28)10-7-25-17(30)27(16(10)29)9-2-4-13(21)12(20)6-9/h1-7H,(H,25,30)(H,26,28). The molecule has 1 amide bonds. The smallest absolute Gasteiger partial charge is 0.320 e. The zero-order chi connectivity index (χ0) is 22.2. The summed E-state index contributed by atoms with van der Waals surface area (Å²) in [5, 5.41) is 1.53. The Balaban J connectivity index is 2.03. The molecule has 0 spiro atoms. The van der Waals surface area contributed by atoms with Gasteiger partial charge in [0.25, 0.3) is 11.5 Å². The molecular formula is C18H9Cl2F4N3O3. The van der Waals surface area contributed by atoms with Gasteiger partial charge in [-0.15, -0.1) is 0 Å². The Kier molecular flexibility index (Phi) is 5.73. The third-order valence-corrected chi connectivity index (χ3v) is 4.54. The lowest BCUT2D eigenvalue weighted by atomic mass is 10.2. The summed E-state index contributed by atoms with van der Waals surface area (Å²) in [7, 11) is 0. The molecule has 0 bridgehead atoms. The molecule has 6 nitrogen and oxygen atoms in total. The molecule has 156 valence electrons. The van der Waals surface area contributed by atoms with Crippen molar-refractivity contribution in [3.8, 4) is 5.69 Å². The predicted molar refractivity (Wildman–Crippen MR) is 102 cm³/mol. The van der Waals surface area contributed by atoms with Crippen LogP contribution in [0.25, 0.3) is 5.69 Å². The van der Waals surface area contributed by atoms with Crippen LogP contribution in [-0.4, -0.2) is 15.5 Å². The molecule has 0 aliphatic carbocycles. The number of carbonyl (C=O) groups excluding carboxylic acids is 1. The molecule has 2 N–H and O–H groups in total. The Morgan fingerprint density at radius 1 is 1.03 bits per heavy atom. The predicted octanol–water partition coefficient (Wildman–Crippen LogP) is 4.24. The number of hydrogen-bond acceptors (Lipinski definition) is 3. The summed E-state index contributed by atoms with van der Waals surface area (Å²) in [4.78, 5) is 39.4. The molecule has 0 saturated carbocycles. The number of nitrogens with zero attached hydrogens (tertiary/aromatic N) is 1. The monoisotopic (exact) mass is 461 g/mol. The van der Waals surface area contributed by atoms with Crippen LogP contribution >= 0.6 is 23.2 Å². The number of H-pyrrole nitrogens is 1. The number of nitrogens with one attached hydrogen (secondary N) is 2. The largest absolute Gasteiger partial charge is 0.416 e. The molecule has 0 saturated heterocycles. The quantitative estimate of drug-likeness (QED) is 0.572. The molecule has 3 aromatic rings. The van der Waals surface area contributed by atoms with Gasteiger partial charge in [-0.25, -0.2) is 13.8 Å². The summed E-state index contributed by atoms with van der Waals surface area (Å²) in [6.07, 6.45) is -3.89. The third-order valence-electron chi connectivity index (χ3n) is 3.92. The molecule has 30 heavy (non-hydrogen) atoms. The van der Waals surface area contributed by atoms with E-state index in [9.17, 15) is 31.9 Å². The van der Waals surface area contributed by atoms with Crippen LogP contribution in [0.3, 0.4) is 0 Å². The van der Waals surface area contributed by atoms with E-state index in [1.54, 1.807) is 0 Å². The van der Waals surface area contributed by atoms with Gasteiger partial charge in [0.1, 0.15) is 11.4 Å². The number of aromatic amines is 1. The minimum atomic E-state index is -4.68. The Labute approximate surface area is 174 Å². The lowest BCUT2D eigenvalue weighted by Gasteiger charge is -2.12. The zero-order valence-electron chi connectivity index (χ0n) is 14.5. The van der Waals surface area contributed by atoms with E-state index in [0.29, 0.717) is 10.6 Å². The average molecular weight is 462 g/mol. The fourth-order valence-corrected chi connectivity index (χ4v) is 2.82. The van der Waals surface area contributed by atoms with Crippen molar-refractivity contribution in [2.45, 2.75) is 6.18 Å². The SMILES string of the molecule is O=C(Nc1cc(C(F)(F)F)ccc1Cl)c1c[nH]c(=O)n(-c2ccc(F)c(Cl)c2)c1=O. The highest BCUT2D eigenvalue weighted by Crippen LogP contribution is 2.33. The number of carbonyl (C=O) groups is 1. The van der Waals surface area contributed by atoms with E-state index >= 15 is 0 Å². The third kappa shape index (κ3) is 4.24. The molecule has 0 unspecified atom stereocenters. The number of aromatic nitrogens is 2. The number of halogens is 6. The molecule has 0 fully saturated rings. The van der Waals surface area contributed by atoms with Crippen LogP contribution in [0.2, 0.25) is 10.0 Å². The number of benzene rings is 2. The topological polar surface area (TPSA) is 84.0 Å². The lowest BCUT2D eigenvalue weighted by molar-refractivity contribution is -0.137. The Hall–Kier alpha value is -3.11. The fraction of sp³-hybridized carbons (Fsp3) is 0.0556. The van der Waals surface area contributed by atoms with E-state index in [4.69, 9.17) is 23.2 Å². The first-order chi connectivity index (χ1) is 14.0. The normalized spacial score (nSPS) is 11.4. The minimum Gasteiger partial charge on any atom is -0.320 e. The van der Waals surface area contributed by atoms with E-state index < -0.39 is 46.0 Å². The van der Waals surface area contributed by atoms with E-state index in [1.165, 1.54) is 0 Å². The van der Waals surface area contributed by atoms with Gasteiger partial charge in [0.15, 0.2) is 0 Å². The van der Waals surface area contributed by atoms with Crippen LogP contribution < -0.4 is 16.6 Å². The number of hydrogen-bond donors (Lipinski definition) is 2. The van der Waals surface area contributed by atoms with Gasteiger partial charge < -0.3 is 10.3 Å². The molecule has 1 aromatic heterocycles. The van der Waals surface area contributed by atoms with Crippen LogP contribution in [0.5, 0.6) is 0 Å². The molecule has 1 heterocycles. The summed E-state index contributed by atoms with van der Waals surface area (Å²) < 4.78 is 52.5. The Morgan fingerprint density at radius 3 is 2.37 bits per heavy atom. The van der Waals surface area contributed by atoms with Crippen molar-refractivity contribution in [2.75, 3.05) is 5.32 Å². The van der Waals surface area contributed by atoms with Gasteiger partial charge in [-0.2, -0.15) is 13.2 Å². The Bertz CT molecular complexity index is 1270. The van der Waals surface area contributed by atoms with Crippen molar-refractivity contribution in [2.24, 2.45) is 0 Å². The highest BCUT2D eigenvalue weighted by atomic mass is 35.5. The van der Waals surface area contributed by atoms with Gasteiger partial charge >= 0.3 is 11.9 Å². The van der Waals surface area contributed by atoms with Crippen LogP contribution in [-0.2, 0) is 6.18 Å². The molecule has 2 aromatic carbocycles. The van der Waals surface area contributed by atoms with Crippen LogP contribution in [0, 0.1) is 5.82 Å². The van der Waals surface area contributed by atoms with Crippen molar-refractivity contribution in [3.05, 3.63) is 90.4 Å². The molecular weight excluding hydrogens is 453 g/mol. The molecule has 0 radical (unpaired) electrons. The van der Waals surface area contributed by atoms with Crippen molar-refractivity contribution in [1.29, 1.82) is 0 Å². The summed E-state index contributed by atoms with van der Waals surface area (Å²) >= 11 is 11.5. The van der Waals surface area contributed by atoms with Crippen LogP contribution in [0.1, 0.15) is 15.9 Å². The molecule has 0 atom stereocenters. The van der Waals surface area contributed by atoms with Gasteiger partial charge in [0.05, 0.1) is 27.0 Å². The molecule has 12 heteroatoms. The summed E-state index contributed by atoms with van der Waals surface area (Å²) in [6.45, 7) is 0. The van der Waals surface area contributed by atoms with Gasteiger partial charge in [-0.05, 0) is 36.4 Å². The molecule has 0 aliphatic rings. The van der Waals surface area contributed by atoms with E-state index in [2.05, 4.69) is 10.3 Å². The molecule has 3 rings (SSSR count). The van der Waals surface area contributed by atoms with Gasteiger partial charge in [0, 0.05) is 6.20 Å². The van der Waals surface area contributed by atoms with Crippen molar-refractivity contribution in [3.63, 3.8) is 0 Å². The summed E-state index contributed by atoms with van der Waals surface area (Å²) in [5.41, 5.74) is -4.25. The van der Waals surface area contributed by atoms with Crippen molar-refractivity contribution < 1.29 is 22.4 Å². The maximum absolute atomic E-state index is 13.4. The van der Waals surface area contributed by atoms with Crippen LogP contribution in [0.15, 0.2) is 52.2 Å². The van der Waals surface area contributed by atoms with Crippen molar-refractivity contribution in [1.82, 2.24) is 9.55 Å². The average Bonchev–Trinajstić information content (AvgIpc) is 2.65. The maximum Gasteiger partial charge on any atom is 0.416 e. The van der Waals surface area contributed by atoms with Crippen LogP contribution in [0.4, 0.5) is 23.2 Å². The van der Waals surface area contributed by atoms with E-state index in [1.807, 2.05) is 0 Å². The number of anilines is 1. The molecule has 0 aliphatic heterocycles. The second-order valence-electron chi connectivity index (χ2n) is 5.89. The zero-order valence-corrected chi connectivity index (χ0v) is 16.0. The van der Waals surface area contributed by atoms with E-state index in [0.717, 1.165) is 36.5 Å². The first kappa shape index (κ1) is 21.6. The second-order valence-corrected chi connectivity index (χ2v) is 6.71. The summed E-state index contributed by atoms with van der Waals surface area (Å²) in [5.74, 6) is -1.92. The highest BCUT2D eigenvalue weighted by molar-refractivity contribution is 6.34. The Morgan fingerprint density at radius 2 is 1.73 bits per heavy atom. The first-order valence-corrected chi connectivity index (χ1v) is 8.73. The second kappa shape index (κ2) is 7.96. The van der Waals surface area contributed by atoms with E-state index in [-0.39, 0.29) is 15.7 Å². The number of amides is 1. The van der Waals surface area contributed by atoms with Gasteiger partial charge in [0.2, 0.25) is 0 Å². The summed E-state index contributed by atoms with van der Waals surface area (Å²) in [6, 6.07) is 5.26. The van der Waals surface area contributed by atoms with Gasteiger partial charge in [-0.1, -0.05) is 23.2 Å². The highest BCUT2D eigenvalue weighted by Gasteiger charge is 2.31. The van der Waals surface area contributed by atoms with Gasteiger partial charge in [-0.3, -0.25) is 9.59 Å². The fourth-order valence-electron chi connectivity index (χ4n) is 2.48. The van der Waals surface area contributed by atoms with Crippen molar-refractivity contribution >= 4 is 34.8 Å². The first-order valence-electron chi connectivity index (χ1n) is 7.97. The minimum absolute atomic E-state index is 0.126.